The lowest BCUT2D eigenvalue weighted by atomic mass is 10.0. The number of nitrogens with two attached hydrogens (primary N) is 1. The number of allylic oxidation sites excluding steroid dienone is 32. The summed E-state index contributed by atoms with van der Waals surface area (Å²) in [4.78, 5) is 35.4. The summed E-state index contributed by atoms with van der Waals surface area (Å²) < 4.78 is 33.1. The third-order valence-electron chi connectivity index (χ3n) is 14.5. The Bertz CT molecular complexity index is 2200. The van der Waals surface area contributed by atoms with E-state index in [0.717, 1.165) is 135 Å². The molecule has 0 fully saturated rings. The highest BCUT2D eigenvalue weighted by molar-refractivity contribution is 7.47. The predicted octanol–water partition coefficient (Wildman–Crippen LogP) is 24.1. The van der Waals surface area contributed by atoms with Crippen molar-refractivity contribution >= 4 is 19.8 Å². The van der Waals surface area contributed by atoms with Gasteiger partial charge in [0.25, 0.3) is 0 Å². The molecule has 3 N–H and O–H groups in total. The minimum absolute atomic E-state index is 0.0370. The topological polar surface area (TPSA) is 134 Å². The van der Waals surface area contributed by atoms with Gasteiger partial charge in [-0.15, -0.1) is 0 Å². The van der Waals surface area contributed by atoms with Gasteiger partial charge < -0.3 is 20.1 Å². The Morgan fingerprint density at radius 3 is 0.868 bits per heavy atom. The Labute approximate surface area is 557 Å². The zero-order chi connectivity index (χ0) is 65.8. The van der Waals surface area contributed by atoms with Crippen LogP contribution >= 0.6 is 7.82 Å². The quantitative estimate of drug-likeness (QED) is 0.0264. The maximum absolute atomic E-state index is 12.8. The van der Waals surface area contributed by atoms with Crippen molar-refractivity contribution in [3.05, 3.63) is 194 Å². The van der Waals surface area contributed by atoms with Gasteiger partial charge in [0.1, 0.15) is 6.61 Å². The van der Waals surface area contributed by atoms with Crippen molar-refractivity contribution in [3.8, 4) is 0 Å². The molecule has 2 unspecified atom stereocenters. The highest BCUT2D eigenvalue weighted by Gasteiger charge is 2.26. The second kappa shape index (κ2) is 73.9. The molecule has 0 rings (SSSR count). The van der Waals surface area contributed by atoms with E-state index in [2.05, 4.69) is 208 Å². The monoisotopic (exact) mass is 1280 g/mol. The van der Waals surface area contributed by atoms with Crippen LogP contribution in [-0.2, 0) is 32.7 Å². The van der Waals surface area contributed by atoms with Crippen LogP contribution in [0, 0.1) is 0 Å². The van der Waals surface area contributed by atoms with Gasteiger partial charge in [0.2, 0.25) is 0 Å². The highest BCUT2D eigenvalue weighted by atomic mass is 31.2. The standard InChI is InChI=1S/C81H130NO8P/c1-3-5-7-9-11-13-15-17-19-21-23-25-27-29-31-33-35-37-38-39-40-42-43-45-47-49-51-53-55-57-59-61-63-65-67-69-71-73-80(83)87-77-79(78-89-91(85,86)88-76-75-82)90-81(84)74-72-70-68-66-64-62-60-58-56-54-52-50-48-46-44-41-36-34-32-30-28-26-24-22-20-18-16-14-12-10-8-6-4-2/h5-8,11-14,17-20,23-26,29-32,35-37,41,46,48,52,54,58,60,64,66,79H,3-4,9-10,15-16,21-22,27-28,33-34,38-40,42-45,47,49-51,53,55-57,59,61-63,65,67-78,82H2,1-2H3,(H,85,86)/b7-5-,8-6-,13-11-,14-12-,19-17-,20-18-,25-23-,26-24-,31-29-,32-30-,37-35-,41-36-,48-46-,54-52-,60-58-,66-64-. The van der Waals surface area contributed by atoms with Crippen LogP contribution < -0.4 is 5.73 Å². The van der Waals surface area contributed by atoms with Gasteiger partial charge in [-0.05, 0) is 141 Å². The first kappa shape index (κ1) is 85.8. The lowest BCUT2D eigenvalue weighted by Crippen LogP contribution is -2.29. The summed E-state index contributed by atoms with van der Waals surface area (Å²) in [6.07, 6.45) is 112. The van der Waals surface area contributed by atoms with E-state index in [-0.39, 0.29) is 32.6 Å². The number of rotatable bonds is 65. The number of esters is 2. The maximum atomic E-state index is 12.8. The fourth-order valence-corrected chi connectivity index (χ4v) is 10.0. The molecule has 0 aromatic rings. The molecule has 10 heteroatoms. The van der Waals surface area contributed by atoms with E-state index in [1.165, 1.54) is 103 Å². The molecule has 0 saturated heterocycles. The fourth-order valence-electron chi connectivity index (χ4n) is 9.26. The number of carbonyl (C=O) groups excluding carboxylic acids is 2. The molecule has 91 heavy (non-hydrogen) atoms. The molecule has 0 heterocycles. The summed E-state index contributed by atoms with van der Waals surface area (Å²) in [5, 5.41) is 0. The summed E-state index contributed by atoms with van der Waals surface area (Å²) in [5.41, 5.74) is 5.40. The number of ether oxygens (including phenoxy) is 2. The minimum atomic E-state index is -4.42. The van der Waals surface area contributed by atoms with E-state index in [9.17, 15) is 19.0 Å². The van der Waals surface area contributed by atoms with Crippen LogP contribution in [0.2, 0.25) is 0 Å². The van der Waals surface area contributed by atoms with E-state index < -0.39 is 32.5 Å². The molecule has 0 spiro atoms. The van der Waals surface area contributed by atoms with Crippen molar-refractivity contribution in [1.29, 1.82) is 0 Å². The molecular weight excluding hydrogens is 1150 g/mol. The van der Waals surface area contributed by atoms with E-state index in [1.54, 1.807) is 0 Å². The van der Waals surface area contributed by atoms with Crippen molar-refractivity contribution in [1.82, 2.24) is 0 Å². The molecule has 0 aliphatic rings. The first-order valence-corrected chi connectivity index (χ1v) is 37.4. The number of unbranched alkanes of at least 4 members (excludes halogenated alkanes) is 20. The van der Waals surface area contributed by atoms with Gasteiger partial charge in [0.05, 0.1) is 13.2 Å². The van der Waals surface area contributed by atoms with E-state index in [1.807, 2.05) is 0 Å². The molecule has 0 saturated carbocycles. The number of phosphoric acid groups is 1. The minimum Gasteiger partial charge on any atom is -0.462 e. The molecule has 512 valence electrons. The Morgan fingerprint density at radius 2 is 0.571 bits per heavy atom. The van der Waals surface area contributed by atoms with Gasteiger partial charge in [-0.25, -0.2) is 4.57 Å². The number of carbonyl (C=O) groups is 2. The SMILES string of the molecule is CC/C=C\C/C=C\C/C=C\C/C=C\C/C=C\C/C=C\C/C=C\C/C=C\C/C=C\C/C=C\CCCCC(=O)OC(COC(=O)CCCCCCCCCCCCCCCCCCCC/C=C\C/C=C\C/C=C\C/C=C\C/C=C\C/C=C\CC)COP(=O)(O)OCCN. The highest BCUT2D eigenvalue weighted by Crippen LogP contribution is 2.43. The molecule has 0 aliphatic carbocycles. The molecule has 0 radical (unpaired) electrons. The van der Waals surface area contributed by atoms with Crippen molar-refractivity contribution < 1.29 is 37.6 Å². The molecule has 0 aromatic heterocycles. The van der Waals surface area contributed by atoms with Crippen LogP contribution in [0.25, 0.3) is 0 Å². The average molecular weight is 1280 g/mol. The third kappa shape index (κ3) is 73.8. The van der Waals surface area contributed by atoms with E-state index in [4.69, 9.17) is 24.3 Å². The molecule has 9 nitrogen and oxygen atoms in total. The normalized spacial score (nSPS) is 14.1. The zero-order valence-electron chi connectivity index (χ0n) is 57.5. The lowest BCUT2D eigenvalue weighted by Gasteiger charge is -2.19. The second-order valence-electron chi connectivity index (χ2n) is 23.0. The van der Waals surface area contributed by atoms with Gasteiger partial charge in [-0.3, -0.25) is 18.6 Å². The Kier molecular flexibility index (Phi) is 69.7. The first-order chi connectivity index (χ1) is 44.8. The van der Waals surface area contributed by atoms with Crippen LogP contribution in [0.4, 0.5) is 0 Å². The summed E-state index contributed by atoms with van der Waals surface area (Å²) in [7, 11) is -4.42. The molecule has 0 aliphatic heterocycles. The van der Waals surface area contributed by atoms with E-state index >= 15 is 0 Å². The van der Waals surface area contributed by atoms with Crippen LogP contribution in [-0.4, -0.2) is 49.3 Å². The van der Waals surface area contributed by atoms with Gasteiger partial charge in [0, 0.05) is 19.4 Å². The largest absolute Gasteiger partial charge is 0.472 e. The summed E-state index contributed by atoms with van der Waals surface area (Å²) >= 11 is 0. The van der Waals surface area contributed by atoms with Crippen molar-refractivity contribution in [2.75, 3.05) is 26.4 Å². The smallest absolute Gasteiger partial charge is 0.462 e. The zero-order valence-corrected chi connectivity index (χ0v) is 58.4. The number of hydrogen-bond donors (Lipinski definition) is 2. The number of phosphoric ester groups is 1. The molecular formula is C81H130NO8P. The first-order valence-electron chi connectivity index (χ1n) is 35.9. The summed E-state index contributed by atoms with van der Waals surface area (Å²) in [6.45, 7) is 3.46. The van der Waals surface area contributed by atoms with Gasteiger partial charge in [0.15, 0.2) is 6.10 Å². The molecule has 0 amide bonds. The molecule has 0 bridgehead atoms. The fraction of sp³-hybridized carbons (Fsp3) is 0.580. The van der Waals surface area contributed by atoms with Gasteiger partial charge >= 0.3 is 19.8 Å². The summed E-state index contributed by atoms with van der Waals surface area (Å²) in [6, 6.07) is 0. The van der Waals surface area contributed by atoms with E-state index in [0.29, 0.717) is 6.42 Å². The lowest BCUT2D eigenvalue weighted by molar-refractivity contribution is -0.161. The summed E-state index contributed by atoms with van der Waals surface area (Å²) in [5.74, 6) is -0.887. The molecule has 2 atom stereocenters. The van der Waals surface area contributed by atoms with Crippen molar-refractivity contribution in [3.63, 3.8) is 0 Å². The van der Waals surface area contributed by atoms with Crippen molar-refractivity contribution in [2.24, 2.45) is 5.73 Å². The van der Waals surface area contributed by atoms with Crippen LogP contribution in [0.5, 0.6) is 0 Å². The Hall–Kier alpha value is -5.15. The Morgan fingerprint density at radius 1 is 0.330 bits per heavy atom. The molecule has 0 aromatic carbocycles. The third-order valence-corrected chi connectivity index (χ3v) is 15.5. The number of hydrogen-bond acceptors (Lipinski definition) is 8. The van der Waals surface area contributed by atoms with Gasteiger partial charge in [-0.2, -0.15) is 0 Å². The van der Waals surface area contributed by atoms with Crippen molar-refractivity contribution in [2.45, 2.75) is 277 Å². The second-order valence-corrected chi connectivity index (χ2v) is 24.4. The van der Waals surface area contributed by atoms with Crippen LogP contribution in [0.1, 0.15) is 271 Å². The van der Waals surface area contributed by atoms with Gasteiger partial charge in [-0.1, -0.05) is 311 Å². The Balaban J connectivity index is 3.99. The predicted molar refractivity (Wildman–Crippen MR) is 394 cm³/mol. The van der Waals surface area contributed by atoms with Crippen LogP contribution in [0.3, 0.4) is 0 Å². The maximum Gasteiger partial charge on any atom is 0.472 e. The van der Waals surface area contributed by atoms with Crippen LogP contribution in [0.15, 0.2) is 194 Å². The average Bonchev–Trinajstić information content (AvgIpc) is 3.74.